The molecule has 0 fully saturated rings. The molecule has 1 aliphatic heterocycles. The lowest BCUT2D eigenvalue weighted by molar-refractivity contribution is 1.37. The summed E-state index contributed by atoms with van der Waals surface area (Å²) in [7, 11) is 0. The number of nitrogens with zero attached hydrogens (tertiary/aromatic N) is 3. The van der Waals surface area contributed by atoms with Gasteiger partial charge >= 0.3 is 0 Å². The van der Waals surface area contributed by atoms with Crippen molar-refractivity contribution < 1.29 is 0 Å². The molecule has 3 heteroatoms. The molecule has 0 aromatic carbocycles. The van der Waals surface area contributed by atoms with Crippen LogP contribution in [-0.4, -0.2) is 24.8 Å². The summed E-state index contributed by atoms with van der Waals surface area (Å²) in [5, 5.41) is 0. The van der Waals surface area contributed by atoms with Crippen molar-refractivity contribution >= 4 is 18.3 Å². The fraction of sp³-hybridized carbons (Fsp3) is 0.286. The monoisotopic (exact) mass is 135 g/mol. The van der Waals surface area contributed by atoms with Gasteiger partial charge in [-0.2, -0.15) is 0 Å². The summed E-state index contributed by atoms with van der Waals surface area (Å²) >= 11 is 0. The Hall–Kier alpha value is -1.25. The van der Waals surface area contributed by atoms with E-state index in [-0.39, 0.29) is 0 Å². The van der Waals surface area contributed by atoms with Gasteiger partial charge in [0.2, 0.25) is 0 Å². The molecule has 0 unspecified atom stereocenters. The lowest BCUT2D eigenvalue weighted by Crippen LogP contribution is -1.89. The van der Waals surface area contributed by atoms with Crippen molar-refractivity contribution in [2.24, 2.45) is 15.0 Å². The number of rotatable bonds is 2. The largest absolute Gasteiger partial charge is 0.261 e. The Morgan fingerprint density at radius 1 is 1.70 bits per heavy atom. The van der Waals surface area contributed by atoms with Crippen LogP contribution >= 0.6 is 0 Å². The van der Waals surface area contributed by atoms with Crippen LogP contribution in [0, 0.1) is 0 Å². The van der Waals surface area contributed by atoms with Crippen LogP contribution in [0.25, 0.3) is 0 Å². The second kappa shape index (κ2) is 3.71. The molecule has 52 valence electrons. The molecule has 0 N–H and O–H groups in total. The van der Waals surface area contributed by atoms with Gasteiger partial charge in [-0.1, -0.05) is 6.08 Å². The minimum Gasteiger partial charge on any atom is -0.261 e. The van der Waals surface area contributed by atoms with Crippen molar-refractivity contribution in [1.82, 2.24) is 0 Å². The maximum Gasteiger partial charge on any atom is 0.165 e. The highest BCUT2D eigenvalue weighted by molar-refractivity contribution is 6.32. The van der Waals surface area contributed by atoms with E-state index in [4.69, 9.17) is 0 Å². The Morgan fingerprint density at radius 2 is 2.60 bits per heavy atom. The first-order chi connectivity index (χ1) is 4.93. The summed E-state index contributed by atoms with van der Waals surface area (Å²) in [4.78, 5) is 11.9. The van der Waals surface area contributed by atoms with Gasteiger partial charge < -0.3 is 0 Å². The van der Waals surface area contributed by atoms with Crippen LogP contribution in [0.5, 0.6) is 0 Å². The second-order valence-electron chi connectivity index (χ2n) is 1.77. The van der Waals surface area contributed by atoms with E-state index in [1.165, 1.54) is 0 Å². The van der Waals surface area contributed by atoms with E-state index in [9.17, 15) is 0 Å². The number of allylic oxidation sites excluding steroid dienone is 1. The predicted octanol–water partition coefficient (Wildman–Crippen LogP) is 1.07. The molecule has 0 aromatic heterocycles. The standard InChI is InChI=1S/C7H9N3/c1-2-3-8-6-7-9-4-5-10-7/h2-4,6H,5H2,1H3/b3-2-,8-6-. The van der Waals surface area contributed by atoms with Crippen molar-refractivity contribution in [2.45, 2.75) is 6.92 Å². The third-order valence-corrected chi connectivity index (χ3v) is 0.984. The summed E-state index contributed by atoms with van der Waals surface area (Å²) in [5.74, 6) is 0.707. The Balaban J connectivity index is 2.44. The van der Waals surface area contributed by atoms with Gasteiger partial charge in [-0.3, -0.25) is 9.98 Å². The highest BCUT2D eigenvalue weighted by atomic mass is 15.0. The van der Waals surface area contributed by atoms with Crippen LogP contribution in [0.1, 0.15) is 6.92 Å². The topological polar surface area (TPSA) is 37.1 Å². The van der Waals surface area contributed by atoms with Gasteiger partial charge in [0.25, 0.3) is 0 Å². The molecule has 3 nitrogen and oxygen atoms in total. The third-order valence-electron chi connectivity index (χ3n) is 0.984. The van der Waals surface area contributed by atoms with Crippen LogP contribution in [0.4, 0.5) is 0 Å². The predicted molar refractivity (Wildman–Crippen MR) is 44.1 cm³/mol. The van der Waals surface area contributed by atoms with E-state index in [0.717, 1.165) is 0 Å². The quantitative estimate of drug-likeness (QED) is 0.508. The first-order valence-corrected chi connectivity index (χ1v) is 3.15. The lowest BCUT2D eigenvalue weighted by atomic mass is 10.6. The summed E-state index contributed by atoms with van der Waals surface area (Å²) in [6.07, 6.45) is 6.96. The zero-order chi connectivity index (χ0) is 7.23. The van der Waals surface area contributed by atoms with Crippen LogP contribution < -0.4 is 0 Å². The molecule has 0 bridgehead atoms. The van der Waals surface area contributed by atoms with E-state index < -0.39 is 0 Å². The molecule has 1 rings (SSSR count). The summed E-state index contributed by atoms with van der Waals surface area (Å²) in [6, 6.07) is 0. The molecule has 0 saturated heterocycles. The van der Waals surface area contributed by atoms with Crippen LogP contribution in [0.2, 0.25) is 0 Å². The van der Waals surface area contributed by atoms with Crippen molar-refractivity contribution in [3.05, 3.63) is 12.3 Å². The fourth-order valence-electron chi connectivity index (χ4n) is 0.579. The molecule has 0 spiro atoms. The van der Waals surface area contributed by atoms with Crippen molar-refractivity contribution in [3.8, 4) is 0 Å². The van der Waals surface area contributed by atoms with Gasteiger partial charge in [0.15, 0.2) is 5.84 Å². The molecular formula is C7H9N3. The summed E-state index contributed by atoms with van der Waals surface area (Å²) < 4.78 is 0. The lowest BCUT2D eigenvalue weighted by Gasteiger charge is -1.79. The molecule has 0 amide bonds. The molecule has 0 aromatic rings. The molecule has 1 heterocycles. The van der Waals surface area contributed by atoms with Crippen molar-refractivity contribution in [2.75, 3.05) is 6.54 Å². The van der Waals surface area contributed by atoms with Gasteiger partial charge in [0.1, 0.15) is 0 Å². The van der Waals surface area contributed by atoms with E-state index in [2.05, 4.69) is 15.0 Å². The zero-order valence-electron chi connectivity index (χ0n) is 5.86. The van der Waals surface area contributed by atoms with Crippen molar-refractivity contribution in [1.29, 1.82) is 0 Å². The zero-order valence-corrected chi connectivity index (χ0v) is 5.86. The second-order valence-corrected chi connectivity index (χ2v) is 1.77. The minimum atomic E-state index is 0.692. The number of hydrogen-bond donors (Lipinski definition) is 0. The Bertz CT molecular complexity index is 211. The van der Waals surface area contributed by atoms with E-state index in [0.29, 0.717) is 12.4 Å². The molecule has 0 atom stereocenters. The van der Waals surface area contributed by atoms with Gasteiger partial charge in [-0.25, -0.2) is 4.99 Å². The third kappa shape index (κ3) is 1.93. The Labute approximate surface area is 59.9 Å². The molecular weight excluding hydrogens is 126 g/mol. The van der Waals surface area contributed by atoms with E-state index in [1.807, 2.05) is 13.0 Å². The van der Waals surface area contributed by atoms with Gasteiger partial charge in [0, 0.05) is 12.4 Å². The highest BCUT2D eigenvalue weighted by Crippen LogP contribution is 1.85. The molecule has 0 aliphatic carbocycles. The first-order valence-electron chi connectivity index (χ1n) is 3.15. The molecule has 10 heavy (non-hydrogen) atoms. The van der Waals surface area contributed by atoms with Gasteiger partial charge in [0.05, 0.1) is 12.8 Å². The highest BCUT2D eigenvalue weighted by Gasteiger charge is 1.93. The fourth-order valence-corrected chi connectivity index (χ4v) is 0.579. The normalized spacial score (nSPS) is 17.5. The first kappa shape index (κ1) is 6.86. The van der Waals surface area contributed by atoms with Gasteiger partial charge in [-0.05, 0) is 6.92 Å². The maximum atomic E-state index is 4.02. The molecule has 1 aliphatic rings. The average Bonchev–Trinajstić information content (AvgIpc) is 2.41. The van der Waals surface area contributed by atoms with Crippen LogP contribution in [-0.2, 0) is 0 Å². The number of aliphatic imine (C=N–C) groups is 3. The number of amidine groups is 1. The number of hydrogen-bond acceptors (Lipinski definition) is 3. The maximum absolute atomic E-state index is 4.02. The van der Waals surface area contributed by atoms with E-state index >= 15 is 0 Å². The Kier molecular flexibility index (Phi) is 2.55. The molecule has 0 saturated carbocycles. The Morgan fingerprint density at radius 3 is 3.20 bits per heavy atom. The SMILES string of the molecule is C/C=C\N=C/C1=NCC=N1. The summed E-state index contributed by atoms with van der Waals surface area (Å²) in [5.41, 5.74) is 0. The molecule has 0 radical (unpaired) electrons. The van der Waals surface area contributed by atoms with E-state index in [1.54, 1.807) is 18.6 Å². The van der Waals surface area contributed by atoms with Crippen LogP contribution in [0.3, 0.4) is 0 Å². The smallest absolute Gasteiger partial charge is 0.165 e. The average molecular weight is 135 g/mol. The van der Waals surface area contributed by atoms with Gasteiger partial charge in [-0.15, -0.1) is 0 Å². The van der Waals surface area contributed by atoms with Crippen molar-refractivity contribution in [3.63, 3.8) is 0 Å². The summed E-state index contributed by atoms with van der Waals surface area (Å²) in [6.45, 7) is 2.61. The van der Waals surface area contributed by atoms with Crippen LogP contribution in [0.15, 0.2) is 27.3 Å². The minimum absolute atomic E-state index is 0.692.